The first-order valence-corrected chi connectivity index (χ1v) is 6.70. The molecule has 2 N–H and O–H groups in total. The van der Waals surface area contributed by atoms with E-state index in [1.807, 2.05) is 0 Å². The molecule has 5 nitrogen and oxygen atoms in total. The molecular formula is C14H20ClFN2O3. The van der Waals surface area contributed by atoms with Crippen molar-refractivity contribution in [3.63, 3.8) is 0 Å². The Hall–Kier alpha value is -1.37. The molecule has 0 spiro atoms. The fraction of sp³-hybridized carbons (Fsp3) is 0.500. The Kier molecular flexibility index (Phi) is 8.04. The molecule has 1 saturated heterocycles. The number of rotatable bonds is 6. The third kappa shape index (κ3) is 6.75. The lowest BCUT2D eigenvalue weighted by Gasteiger charge is -2.23. The van der Waals surface area contributed by atoms with Gasteiger partial charge in [-0.25, -0.2) is 4.39 Å². The lowest BCUT2D eigenvalue weighted by atomic mass is 10.2. The fourth-order valence-corrected chi connectivity index (χ4v) is 1.94. The summed E-state index contributed by atoms with van der Waals surface area (Å²) >= 11 is 0. The Morgan fingerprint density at radius 3 is 2.86 bits per heavy atom. The van der Waals surface area contributed by atoms with Crippen LogP contribution < -0.4 is 15.4 Å². The number of carbonyl (C=O) groups is 1. The van der Waals surface area contributed by atoms with E-state index < -0.39 is 0 Å². The van der Waals surface area contributed by atoms with Gasteiger partial charge in [-0.05, 0) is 24.3 Å². The van der Waals surface area contributed by atoms with E-state index in [4.69, 9.17) is 9.47 Å². The van der Waals surface area contributed by atoms with E-state index in [1.165, 1.54) is 12.1 Å². The molecule has 1 atom stereocenters. The Balaban J connectivity index is 0.00000220. The van der Waals surface area contributed by atoms with E-state index in [2.05, 4.69) is 10.6 Å². The second kappa shape index (κ2) is 9.55. The first kappa shape index (κ1) is 17.7. The molecular weight excluding hydrogens is 299 g/mol. The third-order valence-corrected chi connectivity index (χ3v) is 2.94. The maximum Gasteiger partial charge on any atom is 0.221 e. The lowest BCUT2D eigenvalue weighted by molar-refractivity contribution is -0.122. The van der Waals surface area contributed by atoms with Crippen molar-refractivity contribution in [2.24, 2.45) is 0 Å². The topological polar surface area (TPSA) is 59.6 Å². The molecule has 0 aliphatic carbocycles. The fourth-order valence-electron chi connectivity index (χ4n) is 1.94. The average Bonchev–Trinajstić information content (AvgIpc) is 2.46. The molecule has 1 fully saturated rings. The normalized spacial score (nSPS) is 17.7. The van der Waals surface area contributed by atoms with Gasteiger partial charge in [0.05, 0.1) is 19.8 Å². The van der Waals surface area contributed by atoms with Crippen LogP contribution in [0.5, 0.6) is 5.75 Å². The van der Waals surface area contributed by atoms with E-state index in [0.29, 0.717) is 38.5 Å². The van der Waals surface area contributed by atoms with Crippen molar-refractivity contribution in [1.29, 1.82) is 0 Å². The van der Waals surface area contributed by atoms with Gasteiger partial charge in [-0.2, -0.15) is 0 Å². The first-order chi connectivity index (χ1) is 9.74. The minimum atomic E-state index is -0.298. The zero-order chi connectivity index (χ0) is 14.2. The van der Waals surface area contributed by atoms with E-state index in [-0.39, 0.29) is 30.2 Å². The van der Waals surface area contributed by atoms with Crippen molar-refractivity contribution in [2.45, 2.75) is 12.5 Å². The lowest BCUT2D eigenvalue weighted by Crippen LogP contribution is -2.44. The number of ether oxygens (including phenoxy) is 2. The maximum atomic E-state index is 12.7. The monoisotopic (exact) mass is 318 g/mol. The highest BCUT2D eigenvalue weighted by atomic mass is 35.5. The van der Waals surface area contributed by atoms with E-state index in [1.54, 1.807) is 12.1 Å². The summed E-state index contributed by atoms with van der Waals surface area (Å²) in [4.78, 5) is 11.7. The summed E-state index contributed by atoms with van der Waals surface area (Å²) in [6, 6.07) is 5.87. The van der Waals surface area contributed by atoms with Gasteiger partial charge in [-0.15, -0.1) is 12.4 Å². The van der Waals surface area contributed by atoms with Gasteiger partial charge in [0, 0.05) is 19.0 Å². The van der Waals surface area contributed by atoms with Crippen LogP contribution in [0.3, 0.4) is 0 Å². The van der Waals surface area contributed by atoms with Crippen molar-refractivity contribution < 1.29 is 18.7 Å². The molecule has 2 rings (SSSR count). The molecule has 0 aromatic heterocycles. The summed E-state index contributed by atoms with van der Waals surface area (Å²) in [5.41, 5.74) is 0. The molecule has 1 aliphatic rings. The summed E-state index contributed by atoms with van der Waals surface area (Å²) in [6.45, 7) is 2.82. The molecule has 1 unspecified atom stereocenters. The van der Waals surface area contributed by atoms with Gasteiger partial charge in [0.1, 0.15) is 18.2 Å². The van der Waals surface area contributed by atoms with Crippen molar-refractivity contribution in [3.8, 4) is 5.75 Å². The van der Waals surface area contributed by atoms with Crippen LogP contribution >= 0.6 is 12.4 Å². The van der Waals surface area contributed by atoms with Crippen molar-refractivity contribution >= 4 is 18.3 Å². The van der Waals surface area contributed by atoms with Crippen molar-refractivity contribution in [2.75, 3.05) is 32.9 Å². The summed E-state index contributed by atoms with van der Waals surface area (Å²) in [5.74, 6) is 0.256. The number of hydrogen-bond donors (Lipinski definition) is 2. The number of benzene rings is 1. The summed E-state index contributed by atoms with van der Waals surface area (Å²) in [5, 5.41) is 6.00. The summed E-state index contributed by atoms with van der Waals surface area (Å²) < 4.78 is 23.3. The Bertz CT molecular complexity index is 425. The number of amides is 1. The molecule has 0 saturated carbocycles. The first-order valence-electron chi connectivity index (χ1n) is 6.70. The number of halogens is 2. The van der Waals surface area contributed by atoms with Crippen molar-refractivity contribution in [3.05, 3.63) is 30.1 Å². The highest BCUT2D eigenvalue weighted by Gasteiger charge is 2.16. The molecule has 0 radical (unpaired) electrons. The van der Waals surface area contributed by atoms with Crippen LogP contribution in [0.4, 0.5) is 4.39 Å². The largest absolute Gasteiger partial charge is 0.492 e. The Labute approximate surface area is 129 Å². The van der Waals surface area contributed by atoms with Gasteiger partial charge >= 0.3 is 0 Å². The van der Waals surface area contributed by atoms with E-state index in [0.717, 1.165) is 6.54 Å². The van der Waals surface area contributed by atoms with Crippen LogP contribution in [0.15, 0.2) is 24.3 Å². The SMILES string of the molecule is Cl.O=C(CC1COCCN1)NCCOc1ccc(F)cc1. The predicted octanol–water partition coefficient (Wildman–Crippen LogP) is 1.12. The Morgan fingerprint density at radius 2 is 2.19 bits per heavy atom. The second-order valence-corrected chi connectivity index (χ2v) is 4.58. The summed E-state index contributed by atoms with van der Waals surface area (Å²) in [6.07, 6.45) is 0.399. The van der Waals surface area contributed by atoms with Crippen LogP contribution in [0.1, 0.15) is 6.42 Å². The predicted molar refractivity (Wildman–Crippen MR) is 79.4 cm³/mol. The van der Waals surface area contributed by atoms with E-state index in [9.17, 15) is 9.18 Å². The smallest absolute Gasteiger partial charge is 0.221 e. The van der Waals surface area contributed by atoms with Crippen LogP contribution in [0.25, 0.3) is 0 Å². The molecule has 1 aromatic carbocycles. The number of hydrogen-bond acceptors (Lipinski definition) is 4. The zero-order valence-corrected chi connectivity index (χ0v) is 12.5. The standard InChI is InChI=1S/C14H19FN2O3.ClH/c15-11-1-3-13(4-2-11)20-8-6-17-14(18)9-12-10-19-7-5-16-12;/h1-4,12,16H,5-10H2,(H,17,18);1H. The molecule has 21 heavy (non-hydrogen) atoms. The molecule has 1 aliphatic heterocycles. The van der Waals surface area contributed by atoms with Gasteiger partial charge in [0.15, 0.2) is 0 Å². The van der Waals surface area contributed by atoms with Crippen LogP contribution in [-0.4, -0.2) is 44.9 Å². The van der Waals surface area contributed by atoms with Crippen molar-refractivity contribution in [1.82, 2.24) is 10.6 Å². The van der Waals surface area contributed by atoms with Gasteiger partial charge in [0.2, 0.25) is 5.91 Å². The Morgan fingerprint density at radius 1 is 1.43 bits per heavy atom. The molecule has 7 heteroatoms. The third-order valence-electron chi connectivity index (χ3n) is 2.94. The van der Waals surface area contributed by atoms with Crippen LogP contribution in [-0.2, 0) is 9.53 Å². The van der Waals surface area contributed by atoms with Crippen LogP contribution in [0, 0.1) is 5.82 Å². The molecule has 118 valence electrons. The highest BCUT2D eigenvalue weighted by Crippen LogP contribution is 2.10. The molecule has 0 bridgehead atoms. The molecule has 1 aromatic rings. The van der Waals surface area contributed by atoms with Gasteiger partial charge < -0.3 is 20.1 Å². The number of carbonyl (C=O) groups excluding carboxylic acids is 1. The highest BCUT2D eigenvalue weighted by molar-refractivity contribution is 5.85. The molecule has 1 amide bonds. The average molecular weight is 319 g/mol. The summed E-state index contributed by atoms with van der Waals surface area (Å²) in [7, 11) is 0. The minimum Gasteiger partial charge on any atom is -0.492 e. The minimum absolute atomic E-state index is 0. The van der Waals surface area contributed by atoms with Gasteiger partial charge in [-0.3, -0.25) is 4.79 Å². The van der Waals surface area contributed by atoms with Gasteiger partial charge in [-0.1, -0.05) is 0 Å². The molecule has 1 heterocycles. The quantitative estimate of drug-likeness (QED) is 0.772. The zero-order valence-electron chi connectivity index (χ0n) is 11.6. The maximum absolute atomic E-state index is 12.7. The van der Waals surface area contributed by atoms with Crippen LogP contribution in [0.2, 0.25) is 0 Å². The number of nitrogens with one attached hydrogen (secondary N) is 2. The van der Waals surface area contributed by atoms with Gasteiger partial charge in [0.25, 0.3) is 0 Å². The van der Waals surface area contributed by atoms with E-state index >= 15 is 0 Å². The number of morpholine rings is 1. The second-order valence-electron chi connectivity index (χ2n) is 4.58.